The number of nitrogens with one attached hydrogen (secondary N) is 1. The molecule has 1 amide bonds. The summed E-state index contributed by atoms with van der Waals surface area (Å²) in [6.07, 6.45) is 0. The minimum Gasteiger partial charge on any atom is -0.370 e. The van der Waals surface area contributed by atoms with E-state index in [4.69, 9.17) is 0 Å². The smallest absolute Gasteiger partial charge is 0.272 e. The minimum atomic E-state index is -3.02. The second-order valence-corrected chi connectivity index (χ2v) is 7.13. The van der Waals surface area contributed by atoms with Gasteiger partial charge in [0.05, 0.1) is 11.5 Å². The lowest BCUT2D eigenvalue weighted by molar-refractivity contribution is 0.0706. The Balaban J connectivity index is 2.17. The molecule has 1 N–H and O–H groups in total. The molecule has 0 saturated carbocycles. The van der Waals surface area contributed by atoms with E-state index in [0.717, 1.165) is 6.54 Å². The number of nitrogens with zero attached hydrogens (tertiary/aromatic N) is 2. The molecule has 2 rings (SSSR count). The van der Waals surface area contributed by atoms with Gasteiger partial charge in [0.2, 0.25) is 0 Å². The van der Waals surface area contributed by atoms with Gasteiger partial charge in [0, 0.05) is 19.1 Å². The van der Waals surface area contributed by atoms with Crippen LogP contribution in [0.25, 0.3) is 0 Å². The number of anilines is 1. The summed E-state index contributed by atoms with van der Waals surface area (Å²) in [6.45, 7) is 4.66. The molecule has 1 aromatic heterocycles. The Morgan fingerprint density at radius 2 is 2.25 bits per heavy atom. The van der Waals surface area contributed by atoms with Crippen molar-refractivity contribution in [2.75, 3.05) is 29.9 Å². The molecular formula is C13H19N3O3S. The number of amides is 1. The van der Waals surface area contributed by atoms with Gasteiger partial charge in [0.15, 0.2) is 9.84 Å². The van der Waals surface area contributed by atoms with Crippen molar-refractivity contribution >= 4 is 21.6 Å². The van der Waals surface area contributed by atoms with Crippen LogP contribution in [0, 0.1) is 0 Å². The van der Waals surface area contributed by atoms with Crippen molar-refractivity contribution in [3.05, 3.63) is 23.9 Å². The summed E-state index contributed by atoms with van der Waals surface area (Å²) < 4.78 is 23.1. The molecule has 1 aliphatic heterocycles. The van der Waals surface area contributed by atoms with Crippen LogP contribution in [-0.4, -0.2) is 54.8 Å². The second kappa shape index (κ2) is 5.78. The molecule has 7 heteroatoms. The third-order valence-electron chi connectivity index (χ3n) is 3.26. The fourth-order valence-corrected chi connectivity index (χ4v) is 3.84. The zero-order valence-electron chi connectivity index (χ0n) is 11.7. The third kappa shape index (κ3) is 3.27. The highest BCUT2D eigenvalue weighted by atomic mass is 32.2. The van der Waals surface area contributed by atoms with Crippen LogP contribution in [0.3, 0.4) is 0 Å². The van der Waals surface area contributed by atoms with Crippen LogP contribution < -0.4 is 5.32 Å². The first kappa shape index (κ1) is 14.8. The Morgan fingerprint density at radius 3 is 2.90 bits per heavy atom. The average Bonchev–Trinajstić information content (AvgIpc) is 2.38. The van der Waals surface area contributed by atoms with Gasteiger partial charge in [-0.05, 0) is 26.0 Å². The van der Waals surface area contributed by atoms with E-state index in [1.165, 1.54) is 0 Å². The van der Waals surface area contributed by atoms with Crippen molar-refractivity contribution < 1.29 is 13.2 Å². The van der Waals surface area contributed by atoms with E-state index in [1.54, 1.807) is 30.0 Å². The lowest BCUT2D eigenvalue weighted by Gasteiger charge is -2.32. The molecule has 110 valence electrons. The first-order chi connectivity index (χ1) is 9.43. The first-order valence-electron chi connectivity index (χ1n) is 6.65. The summed E-state index contributed by atoms with van der Waals surface area (Å²) in [7, 11) is -3.02. The Bertz CT molecular complexity index is 601. The topological polar surface area (TPSA) is 79.4 Å². The second-order valence-electron chi connectivity index (χ2n) is 4.90. The number of aromatic nitrogens is 1. The molecule has 0 radical (unpaired) electrons. The predicted molar refractivity (Wildman–Crippen MR) is 77.6 cm³/mol. The summed E-state index contributed by atoms with van der Waals surface area (Å²) in [6, 6.07) is 4.90. The minimum absolute atomic E-state index is 0.0195. The lowest BCUT2D eigenvalue weighted by Crippen LogP contribution is -2.49. The largest absolute Gasteiger partial charge is 0.370 e. The summed E-state index contributed by atoms with van der Waals surface area (Å²) in [5, 5.41) is 3.05. The van der Waals surface area contributed by atoms with Crippen LogP contribution in [0.1, 0.15) is 24.3 Å². The molecule has 0 aliphatic carbocycles. The van der Waals surface area contributed by atoms with E-state index in [1.807, 2.05) is 6.92 Å². The molecule has 1 fully saturated rings. The van der Waals surface area contributed by atoms with Gasteiger partial charge in [0.1, 0.15) is 11.5 Å². The van der Waals surface area contributed by atoms with Crippen LogP contribution in [-0.2, 0) is 9.84 Å². The molecule has 0 spiro atoms. The number of carbonyl (C=O) groups excluding carboxylic acids is 1. The Hall–Kier alpha value is -1.63. The average molecular weight is 297 g/mol. The number of rotatable bonds is 3. The Labute approximate surface area is 119 Å². The highest BCUT2D eigenvalue weighted by molar-refractivity contribution is 7.91. The Kier molecular flexibility index (Phi) is 4.27. The van der Waals surface area contributed by atoms with Crippen molar-refractivity contribution in [1.29, 1.82) is 0 Å². The van der Waals surface area contributed by atoms with Gasteiger partial charge in [-0.1, -0.05) is 6.07 Å². The molecule has 0 bridgehead atoms. The van der Waals surface area contributed by atoms with E-state index < -0.39 is 9.84 Å². The van der Waals surface area contributed by atoms with Gasteiger partial charge in [0.25, 0.3) is 5.91 Å². The number of sulfone groups is 1. The summed E-state index contributed by atoms with van der Waals surface area (Å²) in [5.74, 6) is 0.476. The molecule has 1 saturated heterocycles. The van der Waals surface area contributed by atoms with Gasteiger partial charge < -0.3 is 10.2 Å². The number of pyridine rings is 1. The number of hydrogen-bond acceptors (Lipinski definition) is 5. The molecule has 20 heavy (non-hydrogen) atoms. The maximum absolute atomic E-state index is 12.4. The molecule has 0 aromatic carbocycles. The molecule has 1 atom stereocenters. The molecule has 1 aromatic rings. The predicted octanol–water partition coefficient (Wildman–Crippen LogP) is 0.772. The van der Waals surface area contributed by atoms with Crippen LogP contribution in [0.2, 0.25) is 0 Å². The molecule has 2 heterocycles. The summed E-state index contributed by atoms with van der Waals surface area (Å²) >= 11 is 0. The van der Waals surface area contributed by atoms with Crippen molar-refractivity contribution in [3.63, 3.8) is 0 Å². The van der Waals surface area contributed by atoms with Gasteiger partial charge in [-0.2, -0.15) is 0 Å². The van der Waals surface area contributed by atoms with Crippen molar-refractivity contribution in [3.8, 4) is 0 Å². The lowest BCUT2D eigenvalue weighted by atomic mass is 10.2. The summed E-state index contributed by atoms with van der Waals surface area (Å²) in [4.78, 5) is 18.3. The standard InChI is InChI=1S/C13H19N3O3S/c1-3-14-12-6-4-5-11(15-12)13(17)16-7-8-20(18,19)9-10(16)2/h4-6,10H,3,7-9H2,1-2H3,(H,14,15). The number of carbonyl (C=O) groups is 1. The first-order valence-corrected chi connectivity index (χ1v) is 8.47. The highest BCUT2D eigenvalue weighted by Crippen LogP contribution is 2.15. The fraction of sp³-hybridized carbons (Fsp3) is 0.538. The Morgan fingerprint density at radius 1 is 1.50 bits per heavy atom. The van der Waals surface area contributed by atoms with Gasteiger partial charge in [-0.3, -0.25) is 4.79 Å². The SMILES string of the molecule is CCNc1cccc(C(=O)N2CCS(=O)(=O)CC2C)n1. The molecule has 1 aliphatic rings. The quantitative estimate of drug-likeness (QED) is 0.891. The maximum Gasteiger partial charge on any atom is 0.272 e. The van der Waals surface area contributed by atoms with E-state index in [9.17, 15) is 13.2 Å². The fourth-order valence-electron chi connectivity index (χ4n) is 2.28. The van der Waals surface area contributed by atoms with Crippen molar-refractivity contribution in [2.45, 2.75) is 19.9 Å². The molecule has 1 unspecified atom stereocenters. The highest BCUT2D eigenvalue weighted by Gasteiger charge is 2.32. The zero-order chi connectivity index (χ0) is 14.8. The maximum atomic E-state index is 12.4. The molecular weight excluding hydrogens is 278 g/mol. The number of hydrogen-bond donors (Lipinski definition) is 1. The van der Waals surface area contributed by atoms with Crippen LogP contribution in [0.4, 0.5) is 5.82 Å². The third-order valence-corrected chi connectivity index (χ3v) is 5.05. The van der Waals surface area contributed by atoms with Gasteiger partial charge in [-0.15, -0.1) is 0 Å². The van der Waals surface area contributed by atoms with E-state index >= 15 is 0 Å². The summed E-state index contributed by atoms with van der Waals surface area (Å²) in [5.41, 5.74) is 0.342. The zero-order valence-corrected chi connectivity index (χ0v) is 12.5. The normalized spacial score (nSPS) is 21.5. The molecule has 6 nitrogen and oxygen atoms in total. The van der Waals surface area contributed by atoms with E-state index in [2.05, 4.69) is 10.3 Å². The van der Waals surface area contributed by atoms with Crippen LogP contribution in [0.15, 0.2) is 18.2 Å². The van der Waals surface area contributed by atoms with Crippen molar-refractivity contribution in [1.82, 2.24) is 9.88 Å². The van der Waals surface area contributed by atoms with E-state index in [-0.39, 0.29) is 30.0 Å². The van der Waals surface area contributed by atoms with Crippen LogP contribution >= 0.6 is 0 Å². The van der Waals surface area contributed by atoms with Crippen molar-refractivity contribution in [2.24, 2.45) is 0 Å². The van der Waals surface area contributed by atoms with Crippen LogP contribution in [0.5, 0.6) is 0 Å². The monoisotopic (exact) mass is 297 g/mol. The van der Waals surface area contributed by atoms with Gasteiger partial charge in [-0.25, -0.2) is 13.4 Å². The van der Waals surface area contributed by atoms with E-state index in [0.29, 0.717) is 11.5 Å². The van der Waals surface area contributed by atoms with Gasteiger partial charge >= 0.3 is 0 Å².